The summed E-state index contributed by atoms with van der Waals surface area (Å²) >= 11 is 5.15. The van der Waals surface area contributed by atoms with Gasteiger partial charge in [-0.3, -0.25) is 14.9 Å². The van der Waals surface area contributed by atoms with Gasteiger partial charge in [-0.15, -0.1) is 0 Å². The van der Waals surface area contributed by atoms with Gasteiger partial charge in [-0.25, -0.2) is 0 Å². The van der Waals surface area contributed by atoms with E-state index in [1.54, 1.807) is 55.6 Å². The Hall–Kier alpha value is -2.97. The number of benzene rings is 2. The average Bonchev–Trinajstić information content (AvgIpc) is 2.62. The van der Waals surface area contributed by atoms with Crippen LogP contribution in [0.15, 0.2) is 48.5 Å². The summed E-state index contributed by atoms with van der Waals surface area (Å²) in [5.41, 5.74) is 6.55. The van der Waals surface area contributed by atoms with E-state index in [0.717, 1.165) is 0 Å². The molecule has 0 aliphatic heterocycles. The largest absolute Gasteiger partial charge is 0.490 e. The molecule has 4 N–H and O–H groups in total. The molecule has 2 amide bonds. The zero-order chi connectivity index (χ0) is 18.9. The van der Waals surface area contributed by atoms with Crippen LogP contribution >= 0.6 is 12.2 Å². The number of amides is 2. The van der Waals surface area contributed by atoms with Gasteiger partial charge in [0, 0.05) is 18.4 Å². The van der Waals surface area contributed by atoms with Crippen LogP contribution in [0.25, 0.3) is 0 Å². The minimum absolute atomic E-state index is 0.119. The van der Waals surface area contributed by atoms with E-state index in [9.17, 15) is 9.59 Å². The molecule has 0 radical (unpaired) electrons. The van der Waals surface area contributed by atoms with Crippen LogP contribution in [0, 0.1) is 0 Å². The van der Waals surface area contributed by atoms with Gasteiger partial charge in [0.05, 0.1) is 12.2 Å². The van der Waals surface area contributed by atoms with Crippen molar-refractivity contribution >= 4 is 34.8 Å². The normalized spacial score (nSPS) is 10.0. The van der Waals surface area contributed by atoms with Crippen molar-refractivity contribution in [2.75, 3.05) is 25.6 Å². The first-order valence-corrected chi connectivity index (χ1v) is 8.15. The molecule has 0 aliphatic rings. The molecule has 0 unspecified atom stereocenters. The summed E-state index contributed by atoms with van der Waals surface area (Å²) in [5, 5.41) is 5.58. The molecule has 0 atom stereocenters. The summed E-state index contributed by atoms with van der Waals surface area (Å²) in [6.07, 6.45) is 0. The first-order valence-electron chi connectivity index (χ1n) is 7.74. The Morgan fingerprint density at radius 3 is 2.42 bits per heavy atom. The van der Waals surface area contributed by atoms with E-state index in [1.165, 1.54) is 0 Å². The summed E-state index contributed by atoms with van der Waals surface area (Å²) in [4.78, 5) is 23.5. The zero-order valence-electron chi connectivity index (χ0n) is 14.2. The van der Waals surface area contributed by atoms with Crippen molar-refractivity contribution in [1.29, 1.82) is 0 Å². The first-order chi connectivity index (χ1) is 12.5. The molecule has 0 saturated heterocycles. The Balaban J connectivity index is 1.98. The number of nitrogens with one attached hydrogen (secondary N) is 2. The number of thiocarbonyl (C=S) groups is 1. The highest BCUT2D eigenvalue weighted by atomic mass is 32.1. The minimum Gasteiger partial charge on any atom is -0.490 e. The molecule has 2 aromatic carbocycles. The molecule has 7 nitrogen and oxygen atoms in total. The second-order valence-electron chi connectivity index (χ2n) is 5.19. The predicted molar refractivity (Wildman–Crippen MR) is 102 cm³/mol. The maximum absolute atomic E-state index is 12.4. The molecule has 8 heteroatoms. The fraction of sp³-hybridized carbons (Fsp3) is 0.167. The molecular formula is C18H19N3O4S. The van der Waals surface area contributed by atoms with Gasteiger partial charge in [0.15, 0.2) is 5.11 Å². The SMILES string of the molecule is COCCOc1ccccc1C(=O)NC(=S)Nc1ccc(C(N)=O)cc1. The van der Waals surface area contributed by atoms with E-state index >= 15 is 0 Å². The van der Waals surface area contributed by atoms with Gasteiger partial charge in [0.2, 0.25) is 5.91 Å². The third-order valence-corrected chi connectivity index (χ3v) is 3.54. The highest BCUT2D eigenvalue weighted by Crippen LogP contribution is 2.18. The van der Waals surface area contributed by atoms with Gasteiger partial charge in [-0.2, -0.15) is 0 Å². The van der Waals surface area contributed by atoms with E-state index in [-0.39, 0.29) is 5.11 Å². The molecular weight excluding hydrogens is 354 g/mol. The van der Waals surface area contributed by atoms with E-state index in [2.05, 4.69) is 10.6 Å². The third kappa shape index (κ3) is 5.54. The molecule has 136 valence electrons. The number of rotatable bonds is 7. The van der Waals surface area contributed by atoms with Gasteiger partial charge >= 0.3 is 0 Å². The monoisotopic (exact) mass is 373 g/mol. The lowest BCUT2D eigenvalue weighted by Crippen LogP contribution is -2.34. The van der Waals surface area contributed by atoms with E-state index in [0.29, 0.717) is 35.8 Å². The second kappa shape index (κ2) is 9.50. The van der Waals surface area contributed by atoms with Crippen molar-refractivity contribution in [3.05, 3.63) is 59.7 Å². The maximum Gasteiger partial charge on any atom is 0.261 e. The number of para-hydroxylation sites is 1. The molecule has 0 fully saturated rings. The van der Waals surface area contributed by atoms with Crippen molar-refractivity contribution in [1.82, 2.24) is 5.32 Å². The number of methoxy groups -OCH3 is 1. The van der Waals surface area contributed by atoms with E-state index in [4.69, 9.17) is 27.4 Å². The molecule has 2 rings (SSSR count). The smallest absolute Gasteiger partial charge is 0.261 e. The van der Waals surface area contributed by atoms with Crippen LogP contribution in [0.1, 0.15) is 20.7 Å². The van der Waals surface area contributed by atoms with Crippen LogP contribution in [0.3, 0.4) is 0 Å². The first kappa shape index (κ1) is 19.4. The summed E-state index contributed by atoms with van der Waals surface area (Å²) in [7, 11) is 1.57. The standard InChI is InChI=1S/C18H19N3O4S/c1-24-10-11-25-15-5-3-2-4-14(15)17(23)21-18(26)20-13-8-6-12(7-9-13)16(19)22/h2-9H,10-11H2,1H3,(H2,19,22)(H2,20,21,23,26). The zero-order valence-corrected chi connectivity index (χ0v) is 15.0. The molecule has 26 heavy (non-hydrogen) atoms. The van der Waals surface area contributed by atoms with Crippen LogP contribution in [-0.4, -0.2) is 37.3 Å². The fourth-order valence-electron chi connectivity index (χ4n) is 2.07. The Bertz CT molecular complexity index is 793. The maximum atomic E-state index is 12.4. The second-order valence-corrected chi connectivity index (χ2v) is 5.60. The average molecular weight is 373 g/mol. The molecule has 0 saturated carbocycles. The molecule has 0 aromatic heterocycles. The van der Waals surface area contributed by atoms with Crippen LogP contribution in [0.2, 0.25) is 0 Å². The Kier molecular flexibility index (Phi) is 7.07. The van der Waals surface area contributed by atoms with Crippen molar-refractivity contribution in [3.8, 4) is 5.75 Å². The lowest BCUT2D eigenvalue weighted by Gasteiger charge is -2.13. The quantitative estimate of drug-likeness (QED) is 0.506. The Morgan fingerprint density at radius 1 is 1.08 bits per heavy atom. The summed E-state index contributed by atoms with van der Waals surface area (Å²) in [5.74, 6) is -0.475. The van der Waals surface area contributed by atoms with Crippen LogP contribution in [0.5, 0.6) is 5.75 Å². The number of hydrogen-bond donors (Lipinski definition) is 3. The van der Waals surface area contributed by atoms with E-state index in [1.807, 2.05) is 0 Å². The van der Waals surface area contributed by atoms with Crippen LogP contribution in [0.4, 0.5) is 5.69 Å². The molecule has 0 bridgehead atoms. The van der Waals surface area contributed by atoms with Crippen LogP contribution in [-0.2, 0) is 4.74 Å². The Morgan fingerprint density at radius 2 is 1.77 bits per heavy atom. The lowest BCUT2D eigenvalue weighted by molar-refractivity contribution is 0.0967. The minimum atomic E-state index is -0.516. The topological polar surface area (TPSA) is 103 Å². The lowest BCUT2D eigenvalue weighted by atomic mass is 10.2. The number of hydrogen-bond acceptors (Lipinski definition) is 5. The van der Waals surface area contributed by atoms with Gasteiger partial charge in [0.25, 0.3) is 5.91 Å². The van der Waals surface area contributed by atoms with Crippen molar-refractivity contribution < 1.29 is 19.1 Å². The number of anilines is 1. The molecule has 0 spiro atoms. The van der Waals surface area contributed by atoms with Crippen molar-refractivity contribution in [2.24, 2.45) is 5.73 Å². The number of carbonyl (C=O) groups excluding carboxylic acids is 2. The predicted octanol–water partition coefficient (Wildman–Crippen LogP) is 1.94. The molecule has 0 heterocycles. The fourth-order valence-corrected chi connectivity index (χ4v) is 2.28. The highest BCUT2D eigenvalue weighted by molar-refractivity contribution is 7.80. The summed E-state index contributed by atoms with van der Waals surface area (Å²) < 4.78 is 10.5. The highest BCUT2D eigenvalue weighted by Gasteiger charge is 2.13. The summed E-state index contributed by atoms with van der Waals surface area (Å²) in [6.45, 7) is 0.743. The van der Waals surface area contributed by atoms with Gasteiger partial charge < -0.3 is 20.5 Å². The van der Waals surface area contributed by atoms with E-state index < -0.39 is 11.8 Å². The third-order valence-electron chi connectivity index (χ3n) is 3.33. The number of nitrogens with two attached hydrogens (primary N) is 1. The van der Waals surface area contributed by atoms with Crippen LogP contribution < -0.4 is 21.1 Å². The molecule has 0 aliphatic carbocycles. The number of carbonyl (C=O) groups is 2. The van der Waals surface area contributed by atoms with Gasteiger partial charge in [0.1, 0.15) is 12.4 Å². The van der Waals surface area contributed by atoms with Crippen molar-refractivity contribution in [3.63, 3.8) is 0 Å². The molecule has 2 aromatic rings. The van der Waals surface area contributed by atoms with Gasteiger partial charge in [-0.1, -0.05) is 12.1 Å². The number of primary amides is 1. The van der Waals surface area contributed by atoms with Crippen molar-refractivity contribution in [2.45, 2.75) is 0 Å². The number of ether oxygens (including phenoxy) is 2. The Labute approximate surface area is 156 Å². The van der Waals surface area contributed by atoms with Gasteiger partial charge in [-0.05, 0) is 48.6 Å². The summed E-state index contributed by atoms with van der Waals surface area (Å²) in [6, 6.07) is 13.3.